The Morgan fingerprint density at radius 3 is 2.71 bits per heavy atom. The molecule has 0 amide bonds. The fourth-order valence-corrected chi connectivity index (χ4v) is 4.07. The summed E-state index contributed by atoms with van der Waals surface area (Å²) in [6, 6.07) is 10.7. The number of halogens is 1. The molecule has 1 aliphatic carbocycles. The summed E-state index contributed by atoms with van der Waals surface area (Å²) in [6.45, 7) is 0. The highest BCUT2D eigenvalue weighted by molar-refractivity contribution is 9.10. The number of thioether (sulfide) groups is 1. The van der Waals surface area contributed by atoms with Crippen LogP contribution in [0, 0.1) is 17.2 Å². The Labute approximate surface area is 116 Å². The van der Waals surface area contributed by atoms with Crippen molar-refractivity contribution in [2.45, 2.75) is 42.2 Å². The third-order valence-corrected chi connectivity index (χ3v) is 5.03. The molecule has 90 valence electrons. The van der Waals surface area contributed by atoms with Crippen molar-refractivity contribution in [1.82, 2.24) is 0 Å². The lowest BCUT2D eigenvalue weighted by molar-refractivity contribution is 0.370. The van der Waals surface area contributed by atoms with Gasteiger partial charge in [0.05, 0.1) is 11.3 Å². The van der Waals surface area contributed by atoms with E-state index >= 15 is 0 Å². The highest BCUT2D eigenvalue weighted by Crippen LogP contribution is 2.36. The lowest BCUT2D eigenvalue weighted by atomic mass is 9.87. The second kappa shape index (κ2) is 6.47. The molecule has 1 saturated carbocycles. The third kappa shape index (κ3) is 3.76. The monoisotopic (exact) mass is 309 g/mol. The van der Waals surface area contributed by atoms with Crippen LogP contribution in [0.5, 0.6) is 0 Å². The Hall–Kier alpha value is -0.460. The predicted molar refractivity (Wildman–Crippen MR) is 76.0 cm³/mol. The molecule has 3 heteroatoms. The minimum Gasteiger partial charge on any atom is -0.197 e. The first-order chi connectivity index (χ1) is 8.29. The van der Waals surface area contributed by atoms with Crippen LogP contribution in [-0.4, -0.2) is 5.25 Å². The second-order valence-corrected chi connectivity index (χ2v) is 6.65. The molecule has 1 nitrogen and oxygen atoms in total. The van der Waals surface area contributed by atoms with Crippen molar-refractivity contribution in [3.05, 3.63) is 28.7 Å². The van der Waals surface area contributed by atoms with Gasteiger partial charge in [-0.25, -0.2) is 0 Å². The molecule has 0 aromatic heterocycles. The largest absolute Gasteiger partial charge is 0.197 e. The van der Waals surface area contributed by atoms with Crippen molar-refractivity contribution in [2.75, 3.05) is 0 Å². The van der Waals surface area contributed by atoms with E-state index in [0.29, 0.717) is 5.92 Å². The summed E-state index contributed by atoms with van der Waals surface area (Å²) in [6.07, 6.45) is 6.37. The molecular formula is C14H16BrNS. The van der Waals surface area contributed by atoms with E-state index in [0.717, 1.165) is 4.47 Å². The zero-order chi connectivity index (χ0) is 12.1. The lowest BCUT2D eigenvalue weighted by Crippen LogP contribution is -2.18. The Kier molecular flexibility index (Phi) is 4.94. The molecule has 1 aliphatic rings. The Morgan fingerprint density at radius 1 is 1.29 bits per heavy atom. The normalized spacial score (nSPS) is 18.6. The standard InChI is InChI=1S/C14H16BrNS/c15-12-7-4-8-13(9-12)17-14(10-16)11-5-2-1-3-6-11/h4,7-9,11,14H,1-3,5-6H2. The zero-order valence-corrected chi connectivity index (χ0v) is 12.1. The van der Waals surface area contributed by atoms with Gasteiger partial charge in [-0.05, 0) is 37.0 Å². The molecule has 0 bridgehead atoms. The average Bonchev–Trinajstić information content (AvgIpc) is 2.37. The van der Waals surface area contributed by atoms with Gasteiger partial charge < -0.3 is 0 Å². The van der Waals surface area contributed by atoms with Crippen molar-refractivity contribution in [3.8, 4) is 6.07 Å². The number of hydrogen-bond acceptors (Lipinski definition) is 2. The molecule has 0 aliphatic heterocycles. The highest BCUT2D eigenvalue weighted by atomic mass is 79.9. The van der Waals surface area contributed by atoms with Crippen molar-refractivity contribution in [2.24, 2.45) is 5.92 Å². The smallest absolute Gasteiger partial charge is 0.0991 e. The first kappa shape index (κ1) is 13.0. The molecule has 0 N–H and O–H groups in total. The van der Waals surface area contributed by atoms with E-state index in [1.54, 1.807) is 11.8 Å². The van der Waals surface area contributed by atoms with Gasteiger partial charge in [0.25, 0.3) is 0 Å². The fraction of sp³-hybridized carbons (Fsp3) is 0.500. The second-order valence-electron chi connectivity index (χ2n) is 4.52. The van der Waals surface area contributed by atoms with E-state index in [1.165, 1.54) is 37.0 Å². The van der Waals surface area contributed by atoms with E-state index in [-0.39, 0.29) is 5.25 Å². The maximum absolute atomic E-state index is 9.33. The van der Waals surface area contributed by atoms with Gasteiger partial charge in [-0.2, -0.15) is 5.26 Å². The molecule has 1 aromatic carbocycles. The molecule has 1 aromatic rings. The van der Waals surface area contributed by atoms with Gasteiger partial charge in [-0.15, -0.1) is 11.8 Å². The number of rotatable bonds is 3. The number of nitrogens with zero attached hydrogens (tertiary/aromatic N) is 1. The molecular weight excluding hydrogens is 294 g/mol. The van der Waals surface area contributed by atoms with E-state index in [4.69, 9.17) is 0 Å². The molecule has 1 unspecified atom stereocenters. The van der Waals surface area contributed by atoms with Crippen LogP contribution in [0.1, 0.15) is 32.1 Å². The van der Waals surface area contributed by atoms with Crippen molar-refractivity contribution in [1.29, 1.82) is 5.26 Å². The first-order valence-electron chi connectivity index (χ1n) is 6.11. The number of nitriles is 1. The van der Waals surface area contributed by atoms with Crippen LogP contribution in [0.25, 0.3) is 0 Å². The lowest BCUT2D eigenvalue weighted by Gasteiger charge is -2.25. The van der Waals surface area contributed by atoms with Crippen LogP contribution in [0.3, 0.4) is 0 Å². The van der Waals surface area contributed by atoms with E-state index in [9.17, 15) is 5.26 Å². The summed E-state index contributed by atoms with van der Waals surface area (Å²) in [5.41, 5.74) is 0. The van der Waals surface area contributed by atoms with E-state index in [2.05, 4.69) is 34.1 Å². The molecule has 1 fully saturated rings. The average molecular weight is 310 g/mol. The van der Waals surface area contributed by atoms with Gasteiger partial charge in [0.2, 0.25) is 0 Å². The minimum atomic E-state index is 0.115. The van der Waals surface area contributed by atoms with E-state index < -0.39 is 0 Å². The molecule has 0 saturated heterocycles. The van der Waals surface area contributed by atoms with Crippen LogP contribution >= 0.6 is 27.7 Å². The topological polar surface area (TPSA) is 23.8 Å². The van der Waals surface area contributed by atoms with Crippen LogP contribution in [0.4, 0.5) is 0 Å². The van der Waals surface area contributed by atoms with Crippen molar-refractivity contribution in [3.63, 3.8) is 0 Å². The van der Waals surface area contributed by atoms with Crippen LogP contribution in [-0.2, 0) is 0 Å². The molecule has 17 heavy (non-hydrogen) atoms. The highest BCUT2D eigenvalue weighted by Gasteiger charge is 2.24. The molecule has 1 atom stereocenters. The fourth-order valence-electron chi connectivity index (χ4n) is 2.35. The van der Waals surface area contributed by atoms with Gasteiger partial charge in [0.1, 0.15) is 0 Å². The van der Waals surface area contributed by atoms with Gasteiger partial charge in [0.15, 0.2) is 0 Å². The predicted octanol–water partition coefficient (Wildman–Crippen LogP) is 5.01. The summed E-state index contributed by atoms with van der Waals surface area (Å²) < 4.78 is 1.09. The SMILES string of the molecule is N#CC(Sc1cccc(Br)c1)C1CCCCC1. The van der Waals surface area contributed by atoms with Gasteiger partial charge in [-0.1, -0.05) is 41.3 Å². The Morgan fingerprint density at radius 2 is 2.06 bits per heavy atom. The van der Waals surface area contributed by atoms with Gasteiger partial charge >= 0.3 is 0 Å². The Bertz CT molecular complexity index is 407. The molecule has 0 spiro atoms. The third-order valence-electron chi connectivity index (χ3n) is 3.26. The summed E-state index contributed by atoms with van der Waals surface area (Å²) in [7, 11) is 0. The van der Waals surface area contributed by atoms with Gasteiger partial charge in [-0.3, -0.25) is 0 Å². The summed E-state index contributed by atoms with van der Waals surface area (Å²) >= 11 is 5.19. The first-order valence-corrected chi connectivity index (χ1v) is 7.78. The maximum atomic E-state index is 9.33. The van der Waals surface area contributed by atoms with E-state index in [1.807, 2.05) is 12.1 Å². The summed E-state index contributed by atoms with van der Waals surface area (Å²) in [5, 5.41) is 9.44. The summed E-state index contributed by atoms with van der Waals surface area (Å²) in [4.78, 5) is 1.19. The maximum Gasteiger partial charge on any atom is 0.0991 e. The number of benzene rings is 1. The zero-order valence-electron chi connectivity index (χ0n) is 9.73. The molecule has 2 rings (SSSR count). The van der Waals surface area contributed by atoms with Crippen LogP contribution in [0.15, 0.2) is 33.6 Å². The Balaban J connectivity index is 2.02. The molecule has 0 heterocycles. The summed E-state index contributed by atoms with van der Waals surface area (Å²) in [5.74, 6) is 0.581. The quantitative estimate of drug-likeness (QED) is 0.732. The van der Waals surface area contributed by atoms with Crippen LogP contribution < -0.4 is 0 Å². The van der Waals surface area contributed by atoms with Crippen molar-refractivity contribution < 1.29 is 0 Å². The minimum absolute atomic E-state index is 0.115. The van der Waals surface area contributed by atoms with Gasteiger partial charge in [0, 0.05) is 9.37 Å². The van der Waals surface area contributed by atoms with Crippen LogP contribution in [0.2, 0.25) is 0 Å². The van der Waals surface area contributed by atoms with Crippen molar-refractivity contribution >= 4 is 27.7 Å². The number of hydrogen-bond donors (Lipinski definition) is 0. The molecule has 0 radical (unpaired) electrons.